The Morgan fingerprint density at radius 3 is 2.59 bits per heavy atom. The van der Waals surface area contributed by atoms with Gasteiger partial charge in [0, 0.05) is 17.8 Å². The summed E-state index contributed by atoms with van der Waals surface area (Å²) in [5.41, 5.74) is -2.11. The molecule has 7 heteroatoms. The van der Waals surface area contributed by atoms with E-state index in [2.05, 4.69) is 4.74 Å². The topological polar surface area (TPSA) is 59.2 Å². The molecule has 0 spiro atoms. The Morgan fingerprint density at radius 2 is 2.06 bits per heavy atom. The van der Waals surface area contributed by atoms with Crippen molar-refractivity contribution in [3.8, 4) is 0 Å². The maximum absolute atomic E-state index is 12.3. The van der Waals surface area contributed by atoms with Gasteiger partial charge in [0.05, 0.1) is 13.0 Å². The fourth-order valence-corrected chi connectivity index (χ4v) is 1.22. The molecule has 0 saturated heterocycles. The molecule has 0 aromatic carbocycles. The van der Waals surface area contributed by atoms with Gasteiger partial charge >= 0.3 is 12.1 Å². The molecule has 4 nitrogen and oxygen atoms in total. The first kappa shape index (κ1) is 13.3. The van der Waals surface area contributed by atoms with Gasteiger partial charge in [0.2, 0.25) is 0 Å². The van der Waals surface area contributed by atoms with E-state index < -0.39 is 29.7 Å². The Kier molecular flexibility index (Phi) is 3.93. The first-order valence-electron chi connectivity index (χ1n) is 4.79. The summed E-state index contributed by atoms with van der Waals surface area (Å²) in [6.45, 7) is 1.70. The third kappa shape index (κ3) is 3.93. The van der Waals surface area contributed by atoms with Crippen LogP contribution < -0.4 is 5.43 Å². The maximum atomic E-state index is 12.3. The van der Waals surface area contributed by atoms with Crippen LogP contribution in [0.4, 0.5) is 13.2 Å². The summed E-state index contributed by atoms with van der Waals surface area (Å²) < 4.78 is 41.6. The highest BCUT2D eigenvalue weighted by atomic mass is 19.4. The lowest BCUT2D eigenvalue weighted by Gasteiger charge is -2.08. The van der Waals surface area contributed by atoms with Crippen molar-refractivity contribution in [1.82, 2.24) is 4.98 Å². The van der Waals surface area contributed by atoms with Crippen molar-refractivity contribution in [2.75, 3.05) is 6.61 Å². The first-order chi connectivity index (χ1) is 7.82. The maximum Gasteiger partial charge on any atom is 0.431 e. The first-order valence-corrected chi connectivity index (χ1v) is 4.79. The van der Waals surface area contributed by atoms with Crippen LogP contribution in [-0.4, -0.2) is 17.6 Å². The van der Waals surface area contributed by atoms with Crippen molar-refractivity contribution in [2.24, 2.45) is 0 Å². The zero-order valence-electron chi connectivity index (χ0n) is 8.93. The van der Waals surface area contributed by atoms with Crippen molar-refractivity contribution in [1.29, 1.82) is 0 Å². The minimum absolute atomic E-state index is 0.122. The molecule has 17 heavy (non-hydrogen) atoms. The van der Waals surface area contributed by atoms with Gasteiger partial charge in [-0.3, -0.25) is 9.59 Å². The molecule has 0 amide bonds. The number of hydrogen-bond donors (Lipinski definition) is 1. The number of ether oxygens (including phenoxy) is 1. The van der Waals surface area contributed by atoms with Crippen LogP contribution in [0.1, 0.15) is 18.3 Å². The van der Waals surface area contributed by atoms with Crippen LogP contribution in [0.25, 0.3) is 0 Å². The number of aromatic nitrogens is 1. The molecule has 1 N–H and O–H groups in total. The van der Waals surface area contributed by atoms with Crippen LogP contribution in [0.15, 0.2) is 16.9 Å². The van der Waals surface area contributed by atoms with E-state index in [9.17, 15) is 22.8 Å². The molecule has 1 aromatic heterocycles. The number of halogens is 3. The molecule has 0 unspecified atom stereocenters. The second-order valence-corrected chi connectivity index (χ2v) is 3.23. The fraction of sp³-hybridized carbons (Fsp3) is 0.400. The highest BCUT2D eigenvalue weighted by Gasteiger charge is 2.32. The van der Waals surface area contributed by atoms with Gasteiger partial charge in [0.1, 0.15) is 5.69 Å². The van der Waals surface area contributed by atoms with E-state index in [-0.39, 0.29) is 12.3 Å². The Morgan fingerprint density at radius 1 is 1.41 bits per heavy atom. The minimum atomic E-state index is -4.65. The average molecular weight is 249 g/mol. The van der Waals surface area contributed by atoms with E-state index >= 15 is 0 Å². The van der Waals surface area contributed by atoms with E-state index in [0.717, 1.165) is 6.07 Å². The molecular weight excluding hydrogens is 239 g/mol. The van der Waals surface area contributed by atoms with Gasteiger partial charge in [-0.15, -0.1) is 0 Å². The van der Waals surface area contributed by atoms with Crippen LogP contribution in [0.5, 0.6) is 0 Å². The van der Waals surface area contributed by atoms with Crippen LogP contribution in [0.2, 0.25) is 0 Å². The van der Waals surface area contributed by atoms with Crippen molar-refractivity contribution < 1.29 is 22.7 Å². The Bertz CT molecular complexity index is 465. The summed E-state index contributed by atoms with van der Waals surface area (Å²) in [6, 6.07) is 1.38. The normalized spacial score (nSPS) is 11.3. The second kappa shape index (κ2) is 5.03. The number of alkyl halides is 3. The van der Waals surface area contributed by atoms with E-state index in [4.69, 9.17) is 0 Å². The van der Waals surface area contributed by atoms with Gasteiger partial charge in [0.25, 0.3) is 0 Å². The molecule has 0 aliphatic rings. The molecular formula is C10H10F3NO3. The number of pyridine rings is 1. The van der Waals surface area contributed by atoms with Gasteiger partial charge in [0.15, 0.2) is 5.43 Å². The molecule has 0 fully saturated rings. The number of hydrogen-bond acceptors (Lipinski definition) is 3. The minimum Gasteiger partial charge on any atom is -0.466 e. The molecule has 0 bridgehead atoms. The summed E-state index contributed by atoms with van der Waals surface area (Å²) in [5, 5.41) is 0. The molecule has 0 aliphatic carbocycles. The number of H-pyrrole nitrogens is 1. The van der Waals surface area contributed by atoms with Gasteiger partial charge in [-0.1, -0.05) is 0 Å². The largest absolute Gasteiger partial charge is 0.466 e. The number of carbonyl (C=O) groups is 1. The summed E-state index contributed by atoms with van der Waals surface area (Å²) in [4.78, 5) is 24.1. The summed E-state index contributed by atoms with van der Waals surface area (Å²) in [6.07, 6.45) is -5.04. The lowest BCUT2D eigenvalue weighted by Crippen LogP contribution is -2.17. The second-order valence-electron chi connectivity index (χ2n) is 3.23. The molecule has 1 heterocycles. The van der Waals surface area contributed by atoms with E-state index in [1.165, 1.54) is 0 Å². The van der Waals surface area contributed by atoms with E-state index in [0.29, 0.717) is 6.07 Å². The summed E-state index contributed by atoms with van der Waals surface area (Å²) >= 11 is 0. The highest BCUT2D eigenvalue weighted by Crippen LogP contribution is 2.26. The highest BCUT2D eigenvalue weighted by molar-refractivity contribution is 5.71. The van der Waals surface area contributed by atoms with Gasteiger partial charge in [-0.25, -0.2) is 0 Å². The van der Waals surface area contributed by atoms with E-state index in [1.807, 2.05) is 4.98 Å². The van der Waals surface area contributed by atoms with Crippen molar-refractivity contribution >= 4 is 5.97 Å². The summed E-state index contributed by atoms with van der Waals surface area (Å²) in [7, 11) is 0. The third-order valence-electron chi connectivity index (χ3n) is 1.84. The van der Waals surface area contributed by atoms with Crippen LogP contribution in [-0.2, 0) is 22.1 Å². The predicted octanol–water partition coefficient (Wildman–Crippen LogP) is 1.50. The zero-order chi connectivity index (χ0) is 13.1. The summed E-state index contributed by atoms with van der Waals surface area (Å²) in [5.74, 6) is -0.692. The van der Waals surface area contributed by atoms with Gasteiger partial charge in [-0.05, 0) is 6.92 Å². The van der Waals surface area contributed by atoms with Crippen molar-refractivity contribution in [2.45, 2.75) is 19.5 Å². The van der Waals surface area contributed by atoms with Gasteiger partial charge < -0.3 is 9.72 Å². The monoisotopic (exact) mass is 249 g/mol. The molecule has 94 valence electrons. The smallest absolute Gasteiger partial charge is 0.431 e. The standard InChI is InChI=1S/C10H10F3NO3/c1-2-17-9(16)4-6-3-7(15)5-8(14-6)10(11,12)13/h3,5H,2,4H2,1H3,(H,14,15). The van der Waals surface area contributed by atoms with Gasteiger partial charge in [-0.2, -0.15) is 13.2 Å². The number of rotatable bonds is 3. The van der Waals surface area contributed by atoms with Crippen LogP contribution in [0, 0.1) is 0 Å². The van der Waals surface area contributed by atoms with Crippen molar-refractivity contribution in [3.05, 3.63) is 33.7 Å². The molecule has 0 radical (unpaired) electrons. The molecule has 0 aliphatic heterocycles. The number of carbonyl (C=O) groups excluding carboxylic acids is 1. The molecule has 0 atom stereocenters. The number of aromatic amines is 1. The lowest BCUT2D eigenvalue weighted by atomic mass is 10.2. The van der Waals surface area contributed by atoms with Crippen molar-refractivity contribution in [3.63, 3.8) is 0 Å². The number of esters is 1. The zero-order valence-corrected chi connectivity index (χ0v) is 8.93. The molecule has 0 saturated carbocycles. The number of nitrogens with one attached hydrogen (secondary N) is 1. The Labute approximate surface area is 94.4 Å². The Balaban J connectivity index is 2.98. The van der Waals surface area contributed by atoms with E-state index in [1.54, 1.807) is 6.92 Å². The fourth-order valence-electron chi connectivity index (χ4n) is 1.22. The van der Waals surface area contributed by atoms with Crippen LogP contribution >= 0.6 is 0 Å². The van der Waals surface area contributed by atoms with Crippen LogP contribution in [0.3, 0.4) is 0 Å². The molecule has 1 rings (SSSR count). The molecule has 1 aromatic rings. The lowest BCUT2D eigenvalue weighted by molar-refractivity contribution is -0.144. The SMILES string of the molecule is CCOC(=O)Cc1cc(=O)cc(C(F)(F)F)[nH]1. The predicted molar refractivity (Wildman–Crippen MR) is 52.4 cm³/mol. The average Bonchev–Trinajstić information content (AvgIpc) is 2.15. The third-order valence-corrected chi connectivity index (χ3v) is 1.84. The Hall–Kier alpha value is -1.79. The quantitative estimate of drug-likeness (QED) is 0.826.